The van der Waals surface area contributed by atoms with E-state index in [0.717, 1.165) is 12.1 Å². The summed E-state index contributed by atoms with van der Waals surface area (Å²) < 4.78 is 79.0. The molecule has 0 fully saturated rings. The van der Waals surface area contributed by atoms with Gasteiger partial charge >= 0.3 is 6.18 Å². The molecule has 0 spiro atoms. The Bertz CT molecular complexity index is 1160. The van der Waals surface area contributed by atoms with Crippen LogP contribution in [0.3, 0.4) is 0 Å². The normalized spacial score (nSPS) is 13.5. The maximum Gasteiger partial charge on any atom is 0.416 e. The van der Waals surface area contributed by atoms with Crippen LogP contribution in [0, 0.1) is 0 Å². The lowest BCUT2D eigenvalue weighted by Gasteiger charge is -2.16. The topological polar surface area (TPSA) is 82.5 Å². The SMILES string of the molecule is CCn1c(C(C)NS(=O)(=O)c2ccc(OCOC)cc2)nc2ccc(C(F)(F)F)cc21. The number of hydrogen-bond acceptors (Lipinski definition) is 5. The predicted octanol–water partition coefficient (Wildman–Crippen LogP) is 4.10. The molecule has 1 aromatic heterocycles. The van der Waals surface area contributed by atoms with Crippen molar-refractivity contribution in [1.29, 1.82) is 0 Å². The summed E-state index contributed by atoms with van der Waals surface area (Å²) in [4.78, 5) is 4.38. The Hall–Kier alpha value is -2.63. The first-order valence-electron chi connectivity index (χ1n) is 9.38. The molecule has 0 bridgehead atoms. The van der Waals surface area contributed by atoms with Crippen molar-refractivity contribution < 1.29 is 31.1 Å². The Labute approximate surface area is 177 Å². The van der Waals surface area contributed by atoms with E-state index in [0.29, 0.717) is 23.6 Å². The first kappa shape index (κ1) is 23.0. The number of hydrogen-bond donors (Lipinski definition) is 1. The second-order valence-corrected chi connectivity index (χ2v) is 8.49. The quantitative estimate of drug-likeness (QED) is 0.515. The third-order valence-electron chi connectivity index (χ3n) is 4.62. The van der Waals surface area contributed by atoms with Gasteiger partial charge in [0.15, 0.2) is 6.79 Å². The zero-order valence-corrected chi connectivity index (χ0v) is 17.9. The summed E-state index contributed by atoms with van der Waals surface area (Å²) in [5.41, 5.74) is -0.140. The summed E-state index contributed by atoms with van der Waals surface area (Å²) in [6.07, 6.45) is -4.48. The molecule has 0 saturated carbocycles. The van der Waals surface area contributed by atoms with Crippen LogP contribution in [-0.2, 0) is 27.5 Å². The lowest BCUT2D eigenvalue weighted by Crippen LogP contribution is -2.28. The summed E-state index contributed by atoms with van der Waals surface area (Å²) in [6.45, 7) is 3.70. The number of sulfonamides is 1. The van der Waals surface area contributed by atoms with Gasteiger partial charge in [0.05, 0.1) is 27.5 Å². The standard InChI is InChI=1S/C20H22F3N3O4S/c1-4-26-18-11-14(20(21,22)23)5-10-17(18)24-19(26)13(2)25-31(27,28)16-8-6-15(7-9-16)30-12-29-3/h5-11,13,25H,4,12H2,1-3H3. The molecule has 168 valence electrons. The first-order chi connectivity index (χ1) is 14.6. The fourth-order valence-corrected chi connectivity index (χ4v) is 4.38. The number of methoxy groups -OCH3 is 1. The van der Waals surface area contributed by atoms with Gasteiger partial charge in [-0.3, -0.25) is 0 Å². The van der Waals surface area contributed by atoms with Crippen LogP contribution >= 0.6 is 0 Å². The molecule has 0 aliphatic heterocycles. The van der Waals surface area contributed by atoms with Crippen LogP contribution in [-0.4, -0.2) is 31.9 Å². The van der Waals surface area contributed by atoms with Gasteiger partial charge < -0.3 is 14.0 Å². The minimum absolute atomic E-state index is 0.0163. The monoisotopic (exact) mass is 457 g/mol. The fourth-order valence-electron chi connectivity index (χ4n) is 3.18. The number of imidazole rings is 1. The van der Waals surface area contributed by atoms with Gasteiger partial charge in [-0.15, -0.1) is 0 Å². The molecule has 1 heterocycles. The van der Waals surface area contributed by atoms with E-state index >= 15 is 0 Å². The highest BCUT2D eigenvalue weighted by atomic mass is 32.2. The fraction of sp³-hybridized carbons (Fsp3) is 0.350. The van der Waals surface area contributed by atoms with Crippen LogP contribution in [0.15, 0.2) is 47.4 Å². The van der Waals surface area contributed by atoms with Gasteiger partial charge in [-0.25, -0.2) is 18.1 Å². The molecule has 2 aromatic carbocycles. The number of halogens is 3. The van der Waals surface area contributed by atoms with E-state index in [9.17, 15) is 21.6 Å². The van der Waals surface area contributed by atoms with Gasteiger partial charge in [-0.05, 0) is 56.3 Å². The molecule has 0 amide bonds. The summed E-state index contributed by atoms with van der Waals surface area (Å²) in [7, 11) is -2.44. The maximum atomic E-state index is 13.1. The molecule has 0 aliphatic carbocycles. The zero-order valence-electron chi connectivity index (χ0n) is 17.1. The summed E-state index contributed by atoms with van der Waals surface area (Å²) in [5, 5.41) is 0. The van der Waals surface area contributed by atoms with Crippen molar-refractivity contribution in [2.24, 2.45) is 0 Å². The number of fused-ring (bicyclic) bond motifs is 1. The lowest BCUT2D eigenvalue weighted by molar-refractivity contribution is -0.137. The number of rotatable bonds is 8. The van der Waals surface area contributed by atoms with Crippen LogP contribution in [0.1, 0.15) is 31.3 Å². The zero-order chi connectivity index (χ0) is 22.8. The van der Waals surface area contributed by atoms with E-state index in [1.165, 1.54) is 37.4 Å². The van der Waals surface area contributed by atoms with Gasteiger partial charge in [0.1, 0.15) is 11.6 Å². The second kappa shape index (κ2) is 8.85. The number of ether oxygens (including phenoxy) is 2. The van der Waals surface area contributed by atoms with Crippen LogP contribution in [0.25, 0.3) is 11.0 Å². The van der Waals surface area contributed by atoms with E-state index in [1.54, 1.807) is 18.4 Å². The number of alkyl halides is 3. The Morgan fingerprint density at radius 3 is 2.42 bits per heavy atom. The highest BCUT2D eigenvalue weighted by Gasteiger charge is 2.31. The van der Waals surface area contributed by atoms with Gasteiger partial charge in [0.25, 0.3) is 0 Å². The molecular weight excluding hydrogens is 435 g/mol. The van der Waals surface area contributed by atoms with Crippen molar-refractivity contribution >= 4 is 21.1 Å². The van der Waals surface area contributed by atoms with Crippen molar-refractivity contribution in [1.82, 2.24) is 14.3 Å². The lowest BCUT2D eigenvalue weighted by atomic mass is 10.2. The Balaban J connectivity index is 1.89. The average molecular weight is 457 g/mol. The summed E-state index contributed by atoms with van der Waals surface area (Å²) >= 11 is 0. The number of nitrogens with one attached hydrogen (secondary N) is 1. The van der Waals surface area contributed by atoms with E-state index in [1.807, 2.05) is 0 Å². The van der Waals surface area contributed by atoms with Gasteiger partial charge in [-0.2, -0.15) is 13.2 Å². The number of benzene rings is 2. The van der Waals surface area contributed by atoms with Gasteiger partial charge in [-0.1, -0.05) is 0 Å². The molecule has 7 nitrogen and oxygen atoms in total. The molecular formula is C20H22F3N3O4S. The van der Waals surface area contributed by atoms with Crippen LogP contribution < -0.4 is 9.46 Å². The second-order valence-electron chi connectivity index (χ2n) is 6.78. The minimum atomic E-state index is -4.48. The van der Waals surface area contributed by atoms with Crippen molar-refractivity contribution in [3.8, 4) is 5.75 Å². The first-order valence-corrected chi connectivity index (χ1v) is 10.9. The third kappa shape index (κ3) is 5.00. The Morgan fingerprint density at radius 1 is 1.16 bits per heavy atom. The molecule has 0 aliphatic rings. The predicted molar refractivity (Wildman–Crippen MR) is 108 cm³/mol. The molecule has 1 unspecified atom stereocenters. The molecule has 1 atom stereocenters. The van der Waals surface area contributed by atoms with Gasteiger partial charge in [0, 0.05) is 13.7 Å². The van der Waals surface area contributed by atoms with E-state index in [2.05, 4.69) is 9.71 Å². The van der Waals surface area contributed by atoms with Crippen molar-refractivity contribution in [3.63, 3.8) is 0 Å². The smallest absolute Gasteiger partial charge is 0.416 e. The molecule has 3 aromatic rings. The molecule has 11 heteroatoms. The van der Waals surface area contributed by atoms with Crippen molar-refractivity contribution in [2.45, 2.75) is 37.5 Å². The largest absolute Gasteiger partial charge is 0.468 e. The Kier molecular flexibility index (Phi) is 6.58. The average Bonchev–Trinajstić information content (AvgIpc) is 3.09. The highest BCUT2D eigenvalue weighted by molar-refractivity contribution is 7.89. The van der Waals surface area contributed by atoms with Crippen LogP contribution in [0.5, 0.6) is 5.75 Å². The van der Waals surface area contributed by atoms with E-state index in [-0.39, 0.29) is 17.2 Å². The van der Waals surface area contributed by atoms with Crippen molar-refractivity contribution in [3.05, 3.63) is 53.9 Å². The molecule has 31 heavy (non-hydrogen) atoms. The minimum Gasteiger partial charge on any atom is -0.468 e. The molecule has 0 radical (unpaired) electrons. The molecule has 1 N–H and O–H groups in total. The molecule has 3 rings (SSSR count). The van der Waals surface area contributed by atoms with Gasteiger partial charge in [0.2, 0.25) is 10.0 Å². The Morgan fingerprint density at radius 2 is 1.84 bits per heavy atom. The van der Waals surface area contributed by atoms with E-state index in [4.69, 9.17) is 9.47 Å². The number of aryl methyl sites for hydroxylation is 1. The van der Waals surface area contributed by atoms with E-state index < -0.39 is 27.8 Å². The summed E-state index contributed by atoms with van der Waals surface area (Å²) in [5.74, 6) is 0.766. The highest BCUT2D eigenvalue weighted by Crippen LogP contribution is 2.32. The summed E-state index contributed by atoms with van der Waals surface area (Å²) in [6, 6.07) is 8.26. The number of nitrogens with zero attached hydrogens (tertiary/aromatic N) is 2. The van der Waals surface area contributed by atoms with Crippen molar-refractivity contribution in [2.75, 3.05) is 13.9 Å². The van der Waals surface area contributed by atoms with Crippen LogP contribution in [0.2, 0.25) is 0 Å². The molecule has 0 saturated heterocycles. The number of aromatic nitrogens is 2. The maximum absolute atomic E-state index is 13.1. The third-order valence-corrected chi connectivity index (χ3v) is 6.17. The van der Waals surface area contributed by atoms with Crippen LogP contribution in [0.4, 0.5) is 13.2 Å².